The van der Waals surface area contributed by atoms with Gasteiger partial charge in [0.2, 0.25) is 0 Å². The predicted octanol–water partition coefficient (Wildman–Crippen LogP) is 9.46. The van der Waals surface area contributed by atoms with Crippen LogP contribution in [0.3, 0.4) is 0 Å². The van der Waals surface area contributed by atoms with Crippen LogP contribution < -0.4 is 0 Å². The molecule has 0 radical (unpaired) electrons. The van der Waals surface area contributed by atoms with Gasteiger partial charge in [0.25, 0.3) is 0 Å². The van der Waals surface area contributed by atoms with Crippen molar-refractivity contribution in [3.05, 3.63) is 0 Å². The molecule has 0 aromatic heterocycles. The van der Waals surface area contributed by atoms with Crippen molar-refractivity contribution in [2.24, 2.45) is 5.92 Å². The number of hydrogen-bond acceptors (Lipinski definition) is 0. The highest BCUT2D eigenvalue weighted by Gasteiger charge is 2.01. The minimum atomic E-state index is 0.971. The van der Waals surface area contributed by atoms with Crippen molar-refractivity contribution >= 4 is 0 Å². The van der Waals surface area contributed by atoms with Crippen LogP contribution in [0.2, 0.25) is 0 Å². The summed E-state index contributed by atoms with van der Waals surface area (Å²) >= 11 is 0. The van der Waals surface area contributed by atoms with Crippen LogP contribution in [0.1, 0.15) is 149 Å². The Morgan fingerprint density at radius 1 is 0.375 bits per heavy atom. The first-order valence-electron chi connectivity index (χ1n) is 11.8. The monoisotopic (exact) mass is 338 g/mol. The maximum absolute atomic E-state index is 2.47. The highest BCUT2D eigenvalue weighted by molar-refractivity contribution is 4.55. The normalized spacial score (nSPS) is 12.6. The van der Waals surface area contributed by atoms with Gasteiger partial charge >= 0.3 is 0 Å². The van der Waals surface area contributed by atoms with Gasteiger partial charge in [-0.2, -0.15) is 0 Å². The fourth-order valence-corrected chi connectivity index (χ4v) is 3.75. The Bertz CT molecular complexity index is 208. The smallest absolute Gasteiger partial charge is 0.0443 e. The molecule has 0 aliphatic carbocycles. The molecule has 0 heterocycles. The van der Waals surface area contributed by atoms with Gasteiger partial charge in [0.05, 0.1) is 0 Å². The molecule has 0 bridgehead atoms. The molecule has 0 saturated carbocycles. The Hall–Kier alpha value is 0. The Kier molecular flexibility index (Phi) is 21.0. The van der Waals surface area contributed by atoms with Gasteiger partial charge in [-0.15, -0.1) is 0 Å². The lowest BCUT2D eigenvalue weighted by atomic mass is 9.96. The Morgan fingerprint density at radius 3 is 0.958 bits per heavy atom. The molecule has 0 aliphatic rings. The molecule has 0 aromatic rings. The van der Waals surface area contributed by atoms with Crippen molar-refractivity contribution in [2.45, 2.75) is 149 Å². The Balaban J connectivity index is 3.06. The van der Waals surface area contributed by atoms with E-state index in [1.165, 1.54) is 128 Å². The average molecular weight is 339 g/mol. The van der Waals surface area contributed by atoms with E-state index < -0.39 is 0 Å². The maximum Gasteiger partial charge on any atom is -0.0443 e. The molecule has 0 aliphatic heterocycles. The van der Waals surface area contributed by atoms with Crippen LogP contribution in [-0.4, -0.2) is 0 Å². The van der Waals surface area contributed by atoms with Crippen LogP contribution >= 0.6 is 0 Å². The summed E-state index contributed by atoms with van der Waals surface area (Å²) in [7, 11) is 0. The summed E-state index contributed by atoms with van der Waals surface area (Å²) in [5.74, 6) is 0.971. The molecule has 24 heavy (non-hydrogen) atoms. The highest BCUT2D eigenvalue weighted by Crippen LogP contribution is 2.18. The average Bonchev–Trinajstić information content (AvgIpc) is 2.59. The maximum atomic E-state index is 2.47. The minimum absolute atomic E-state index is 0.971. The fourth-order valence-electron chi connectivity index (χ4n) is 3.75. The van der Waals surface area contributed by atoms with Crippen LogP contribution in [0.5, 0.6) is 0 Å². The SMILES string of the molecule is CCCCCCCCCCCCCCCC[C@@H](C)CCCCCC. The number of unbranched alkanes of at least 4 members (excludes halogenated alkanes) is 16. The molecule has 146 valence electrons. The molecule has 0 spiro atoms. The molecule has 0 fully saturated rings. The van der Waals surface area contributed by atoms with Gasteiger partial charge in [0.15, 0.2) is 0 Å². The van der Waals surface area contributed by atoms with Crippen LogP contribution in [0.15, 0.2) is 0 Å². The van der Waals surface area contributed by atoms with Gasteiger partial charge in [-0.1, -0.05) is 149 Å². The van der Waals surface area contributed by atoms with Crippen molar-refractivity contribution in [1.29, 1.82) is 0 Å². The second-order valence-corrected chi connectivity index (χ2v) is 8.34. The van der Waals surface area contributed by atoms with Crippen molar-refractivity contribution in [1.82, 2.24) is 0 Å². The van der Waals surface area contributed by atoms with Crippen molar-refractivity contribution in [3.8, 4) is 0 Å². The lowest BCUT2D eigenvalue weighted by Gasteiger charge is -2.10. The second kappa shape index (κ2) is 21.0. The summed E-state index contributed by atoms with van der Waals surface area (Å²) in [6.45, 7) is 7.07. The zero-order valence-electron chi connectivity index (χ0n) is 17.7. The largest absolute Gasteiger partial charge is 0.0654 e. The summed E-state index contributed by atoms with van der Waals surface area (Å²) in [6, 6.07) is 0. The van der Waals surface area contributed by atoms with E-state index >= 15 is 0 Å². The molecule has 0 amide bonds. The molecule has 0 aromatic carbocycles. The van der Waals surface area contributed by atoms with Crippen molar-refractivity contribution < 1.29 is 0 Å². The van der Waals surface area contributed by atoms with E-state index in [2.05, 4.69) is 20.8 Å². The van der Waals surface area contributed by atoms with Gasteiger partial charge in [0.1, 0.15) is 0 Å². The van der Waals surface area contributed by atoms with Crippen LogP contribution in [-0.2, 0) is 0 Å². The zero-order chi connectivity index (χ0) is 17.7. The first kappa shape index (κ1) is 24.0. The topological polar surface area (TPSA) is 0 Å². The third kappa shape index (κ3) is 20.0. The molecule has 0 N–H and O–H groups in total. The standard InChI is InChI=1S/C24H50/c1-4-6-8-10-11-12-13-14-15-16-17-18-19-21-23-24(3)22-20-9-7-5-2/h24H,4-23H2,1-3H3/t24-/m0/s1. The quantitative estimate of drug-likeness (QED) is 0.194. The Labute approximate surface area is 155 Å². The molecule has 0 heteroatoms. The first-order valence-corrected chi connectivity index (χ1v) is 11.8. The summed E-state index contributed by atoms with van der Waals surface area (Å²) in [6.07, 6.45) is 29.3. The van der Waals surface area contributed by atoms with Gasteiger partial charge in [0, 0.05) is 0 Å². The van der Waals surface area contributed by atoms with E-state index in [4.69, 9.17) is 0 Å². The lowest BCUT2D eigenvalue weighted by Crippen LogP contribution is -1.95. The molecule has 1 atom stereocenters. The summed E-state index contributed by atoms with van der Waals surface area (Å²) in [5.41, 5.74) is 0. The Morgan fingerprint density at radius 2 is 0.625 bits per heavy atom. The summed E-state index contributed by atoms with van der Waals surface area (Å²) < 4.78 is 0. The lowest BCUT2D eigenvalue weighted by molar-refractivity contribution is 0.433. The van der Waals surface area contributed by atoms with E-state index in [9.17, 15) is 0 Å². The molecule has 0 unspecified atom stereocenters. The van der Waals surface area contributed by atoms with E-state index in [-0.39, 0.29) is 0 Å². The van der Waals surface area contributed by atoms with Crippen LogP contribution in [0, 0.1) is 5.92 Å². The van der Waals surface area contributed by atoms with Gasteiger partial charge < -0.3 is 0 Å². The second-order valence-electron chi connectivity index (χ2n) is 8.34. The predicted molar refractivity (Wildman–Crippen MR) is 113 cm³/mol. The molecule has 0 nitrogen and oxygen atoms in total. The molecule has 0 rings (SSSR count). The number of hydrogen-bond donors (Lipinski definition) is 0. The van der Waals surface area contributed by atoms with Crippen LogP contribution in [0.4, 0.5) is 0 Å². The van der Waals surface area contributed by atoms with Gasteiger partial charge in [-0.3, -0.25) is 0 Å². The van der Waals surface area contributed by atoms with Crippen molar-refractivity contribution in [3.63, 3.8) is 0 Å². The fraction of sp³-hybridized carbons (Fsp3) is 1.00. The third-order valence-corrected chi connectivity index (χ3v) is 5.60. The van der Waals surface area contributed by atoms with Gasteiger partial charge in [-0.25, -0.2) is 0 Å². The van der Waals surface area contributed by atoms with Crippen LogP contribution in [0.25, 0.3) is 0 Å². The van der Waals surface area contributed by atoms with E-state index in [0.717, 1.165) is 5.92 Å². The van der Waals surface area contributed by atoms with E-state index in [1.54, 1.807) is 0 Å². The van der Waals surface area contributed by atoms with E-state index in [0.29, 0.717) is 0 Å². The summed E-state index contributed by atoms with van der Waals surface area (Å²) in [5, 5.41) is 0. The summed E-state index contributed by atoms with van der Waals surface area (Å²) in [4.78, 5) is 0. The first-order chi connectivity index (χ1) is 11.8. The van der Waals surface area contributed by atoms with E-state index in [1.807, 2.05) is 0 Å². The third-order valence-electron chi connectivity index (χ3n) is 5.60. The molecular formula is C24H50. The zero-order valence-corrected chi connectivity index (χ0v) is 17.7. The highest BCUT2D eigenvalue weighted by atomic mass is 14.1. The molecular weight excluding hydrogens is 288 g/mol. The van der Waals surface area contributed by atoms with Gasteiger partial charge in [-0.05, 0) is 5.92 Å². The number of rotatable bonds is 20. The van der Waals surface area contributed by atoms with Crippen molar-refractivity contribution in [2.75, 3.05) is 0 Å². The molecule has 0 saturated heterocycles. The minimum Gasteiger partial charge on any atom is -0.0654 e.